The van der Waals surface area contributed by atoms with Gasteiger partial charge >= 0.3 is 0 Å². The first-order chi connectivity index (χ1) is 6.11. The lowest BCUT2D eigenvalue weighted by Gasteiger charge is -1.96. The summed E-state index contributed by atoms with van der Waals surface area (Å²) in [7, 11) is 1.88. The number of aromatic nitrogens is 2. The molecule has 0 saturated carbocycles. The molecule has 1 aromatic heterocycles. The SMILES string of the molecule is Cc1c2c(Cl)ccc(N)c2nn1C. The molecule has 0 saturated heterocycles. The highest BCUT2D eigenvalue weighted by Gasteiger charge is 2.10. The van der Waals surface area contributed by atoms with E-state index in [-0.39, 0.29) is 0 Å². The molecule has 13 heavy (non-hydrogen) atoms. The zero-order valence-electron chi connectivity index (χ0n) is 7.50. The van der Waals surface area contributed by atoms with Crippen molar-refractivity contribution in [1.29, 1.82) is 0 Å². The van der Waals surface area contributed by atoms with E-state index in [4.69, 9.17) is 17.3 Å². The number of nitrogens with two attached hydrogens (primary N) is 1. The molecule has 0 spiro atoms. The fourth-order valence-electron chi connectivity index (χ4n) is 1.42. The molecule has 4 heteroatoms. The van der Waals surface area contributed by atoms with Crippen molar-refractivity contribution in [3.05, 3.63) is 22.8 Å². The minimum absolute atomic E-state index is 0.670. The summed E-state index contributed by atoms with van der Waals surface area (Å²) in [6, 6.07) is 3.57. The number of nitrogens with zero attached hydrogens (tertiary/aromatic N) is 2. The quantitative estimate of drug-likeness (QED) is 0.655. The van der Waals surface area contributed by atoms with Crippen LogP contribution in [0, 0.1) is 6.92 Å². The molecule has 0 aliphatic heterocycles. The highest BCUT2D eigenvalue weighted by molar-refractivity contribution is 6.36. The van der Waals surface area contributed by atoms with Gasteiger partial charge in [0.05, 0.1) is 10.7 Å². The molecule has 0 atom stereocenters. The Morgan fingerprint density at radius 3 is 2.77 bits per heavy atom. The van der Waals surface area contributed by atoms with Crippen LogP contribution in [0.2, 0.25) is 5.02 Å². The molecule has 0 fully saturated rings. The standard InChI is InChI=1S/C9H10ClN3/c1-5-8-6(10)3-4-7(11)9(8)12-13(5)2/h3-4H,11H2,1-2H3. The van der Waals surface area contributed by atoms with Crippen molar-refractivity contribution < 1.29 is 0 Å². The third-order valence-electron chi connectivity index (χ3n) is 2.26. The van der Waals surface area contributed by atoms with E-state index in [1.54, 1.807) is 16.8 Å². The smallest absolute Gasteiger partial charge is 0.117 e. The molecule has 0 unspecified atom stereocenters. The van der Waals surface area contributed by atoms with Gasteiger partial charge in [-0.15, -0.1) is 0 Å². The van der Waals surface area contributed by atoms with E-state index in [2.05, 4.69) is 5.10 Å². The van der Waals surface area contributed by atoms with Gasteiger partial charge in [-0.1, -0.05) is 11.6 Å². The van der Waals surface area contributed by atoms with Crippen LogP contribution in [0.25, 0.3) is 10.9 Å². The van der Waals surface area contributed by atoms with Gasteiger partial charge < -0.3 is 5.73 Å². The van der Waals surface area contributed by atoms with Gasteiger partial charge in [0.1, 0.15) is 5.52 Å². The molecule has 0 aliphatic carbocycles. The zero-order chi connectivity index (χ0) is 9.59. The number of hydrogen-bond donors (Lipinski definition) is 1. The molecule has 2 N–H and O–H groups in total. The fourth-order valence-corrected chi connectivity index (χ4v) is 1.71. The number of nitrogen functional groups attached to an aromatic ring is 1. The van der Waals surface area contributed by atoms with Crippen molar-refractivity contribution >= 4 is 28.2 Å². The Morgan fingerprint density at radius 2 is 2.15 bits per heavy atom. The second kappa shape index (κ2) is 2.64. The van der Waals surface area contributed by atoms with Gasteiger partial charge in [0.15, 0.2) is 0 Å². The molecule has 0 aliphatic rings. The third-order valence-corrected chi connectivity index (χ3v) is 2.57. The zero-order valence-corrected chi connectivity index (χ0v) is 8.26. The number of hydrogen-bond acceptors (Lipinski definition) is 2. The monoisotopic (exact) mass is 195 g/mol. The molecule has 1 heterocycles. The first-order valence-electron chi connectivity index (χ1n) is 3.98. The Morgan fingerprint density at radius 1 is 1.46 bits per heavy atom. The Hall–Kier alpha value is -1.22. The Kier molecular flexibility index (Phi) is 1.70. The van der Waals surface area contributed by atoms with Crippen LogP contribution < -0.4 is 5.73 Å². The second-order valence-electron chi connectivity index (χ2n) is 3.07. The van der Waals surface area contributed by atoms with E-state index in [1.165, 1.54) is 0 Å². The summed E-state index contributed by atoms with van der Waals surface area (Å²) in [5.41, 5.74) is 8.26. The summed E-state index contributed by atoms with van der Waals surface area (Å²) in [6.07, 6.45) is 0. The van der Waals surface area contributed by atoms with Crippen LogP contribution in [-0.4, -0.2) is 9.78 Å². The lowest BCUT2D eigenvalue weighted by Crippen LogP contribution is -1.92. The maximum absolute atomic E-state index is 6.04. The molecule has 0 amide bonds. The van der Waals surface area contributed by atoms with Gasteiger partial charge in [-0.2, -0.15) is 5.10 Å². The Labute approximate surface area is 81.1 Å². The second-order valence-corrected chi connectivity index (χ2v) is 3.48. The van der Waals surface area contributed by atoms with E-state index < -0.39 is 0 Å². The maximum atomic E-state index is 6.04. The third kappa shape index (κ3) is 1.08. The van der Waals surface area contributed by atoms with Crippen LogP contribution in [0.4, 0.5) is 5.69 Å². The van der Waals surface area contributed by atoms with Gasteiger partial charge in [-0.05, 0) is 19.1 Å². The average molecular weight is 196 g/mol. The number of rotatable bonds is 0. The van der Waals surface area contributed by atoms with Crippen molar-refractivity contribution in [2.75, 3.05) is 5.73 Å². The summed E-state index contributed by atoms with van der Waals surface area (Å²) in [6.45, 7) is 1.97. The number of aryl methyl sites for hydroxylation is 2. The lowest BCUT2D eigenvalue weighted by molar-refractivity contribution is 0.751. The number of fused-ring (bicyclic) bond motifs is 1. The van der Waals surface area contributed by atoms with E-state index in [1.807, 2.05) is 14.0 Å². The van der Waals surface area contributed by atoms with Gasteiger partial charge in [0.25, 0.3) is 0 Å². The van der Waals surface area contributed by atoms with E-state index in [0.717, 1.165) is 16.6 Å². The van der Waals surface area contributed by atoms with Crippen LogP contribution in [0.5, 0.6) is 0 Å². The summed E-state index contributed by atoms with van der Waals surface area (Å²) in [5, 5.41) is 5.93. The molecule has 2 rings (SSSR count). The van der Waals surface area contributed by atoms with Crippen LogP contribution in [0.15, 0.2) is 12.1 Å². The first kappa shape index (κ1) is 8.38. The van der Waals surface area contributed by atoms with Crippen LogP contribution in [-0.2, 0) is 7.05 Å². The Balaban J connectivity index is 3.00. The van der Waals surface area contributed by atoms with Gasteiger partial charge in [-0.25, -0.2) is 0 Å². The molecule has 0 radical (unpaired) electrons. The van der Waals surface area contributed by atoms with Crippen molar-refractivity contribution in [3.8, 4) is 0 Å². The summed E-state index contributed by atoms with van der Waals surface area (Å²) >= 11 is 6.04. The van der Waals surface area contributed by atoms with Crippen LogP contribution in [0.3, 0.4) is 0 Å². The topological polar surface area (TPSA) is 43.8 Å². The van der Waals surface area contributed by atoms with Crippen molar-refractivity contribution in [2.24, 2.45) is 7.05 Å². The maximum Gasteiger partial charge on any atom is 0.117 e. The first-order valence-corrected chi connectivity index (χ1v) is 4.36. The minimum atomic E-state index is 0.670. The largest absolute Gasteiger partial charge is 0.397 e. The normalized spacial score (nSPS) is 11.0. The average Bonchev–Trinajstić information content (AvgIpc) is 2.38. The van der Waals surface area contributed by atoms with Crippen molar-refractivity contribution in [1.82, 2.24) is 9.78 Å². The summed E-state index contributed by atoms with van der Waals surface area (Å²) in [4.78, 5) is 0. The Bertz CT molecular complexity index is 473. The highest BCUT2D eigenvalue weighted by Crippen LogP contribution is 2.29. The van der Waals surface area contributed by atoms with E-state index >= 15 is 0 Å². The molecular formula is C9H10ClN3. The minimum Gasteiger partial charge on any atom is -0.397 e. The highest BCUT2D eigenvalue weighted by atomic mass is 35.5. The van der Waals surface area contributed by atoms with Crippen molar-refractivity contribution in [3.63, 3.8) is 0 Å². The van der Waals surface area contributed by atoms with Crippen LogP contribution >= 0.6 is 11.6 Å². The van der Waals surface area contributed by atoms with Gasteiger partial charge in [0.2, 0.25) is 0 Å². The summed E-state index contributed by atoms with van der Waals surface area (Å²) in [5.74, 6) is 0. The molecule has 3 nitrogen and oxygen atoms in total. The summed E-state index contributed by atoms with van der Waals surface area (Å²) < 4.78 is 1.78. The predicted molar refractivity (Wildman–Crippen MR) is 54.9 cm³/mol. The number of anilines is 1. The van der Waals surface area contributed by atoms with E-state index in [0.29, 0.717) is 10.7 Å². The van der Waals surface area contributed by atoms with E-state index in [9.17, 15) is 0 Å². The van der Waals surface area contributed by atoms with Gasteiger partial charge in [-0.3, -0.25) is 4.68 Å². The molecule has 2 aromatic rings. The van der Waals surface area contributed by atoms with Crippen molar-refractivity contribution in [2.45, 2.75) is 6.92 Å². The van der Waals surface area contributed by atoms with Crippen LogP contribution in [0.1, 0.15) is 5.69 Å². The fraction of sp³-hybridized carbons (Fsp3) is 0.222. The molecule has 0 bridgehead atoms. The lowest BCUT2D eigenvalue weighted by atomic mass is 10.2. The van der Waals surface area contributed by atoms with Gasteiger partial charge in [0, 0.05) is 18.1 Å². The molecule has 1 aromatic carbocycles. The molecule has 68 valence electrons. The number of benzene rings is 1. The predicted octanol–water partition coefficient (Wildman–Crippen LogP) is 2.12. The molecular weight excluding hydrogens is 186 g/mol. The number of halogens is 1.